The van der Waals surface area contributed by atoms with Crippen LogP contribution in [0.2, 0.25) is 0 Å². The largest absolute Gasteiger partial charge is 0.385 e. The minimum atomic E-state index is -0.497. The Morgan fingerprint density at radius 1 is 1.44 bits per heavy atom. The number of aliphatic hydroxyl groups excluding tert-OH is 1. The van der Waals surface area contributed by atoms with Gasteiger partial charge in [0.15, 0.2) is 0 Å². The number of imidazole rings is 1. The number of aryl methyl sites for hydroxylation is 2. The molecule has 3 nitrogen and oxygen atoms in total. The van der Waals surface area contributed by atoms with Gasteiger partial charge in [0.05, 0.1) is 0 Å². The first-order valence-corrected chi connectivity index (χ1v) is 6.58. The van der Waals surface area contributed by atoms with Gasteiger partial charge in [-0.2, -0.15) is 0 Å². The summed E-state index contributed by atoms with van der Waals surface area (Å²) >= 11 is 0. The zero-order chi connectivity index (χ0) is 12.5. The van der Waals surface area contributed by atoms with Crippen LogP contribution < -0.4 is 0 Å². The van der Waals surface area contributed by atoms with Crippen molar-refractivity contribution < 1.29 is 5.11 Å². The molecular weight excluding hydrogens is 224 g/mol. The van der Waals surface area contributed by atoms with Crippen LogP contribution in [0.4, 0.5) is 0 Å². The van der Waals surface area contributed by atoms with Crippen molar-refractivity contribution in [1.29, 1.82) is 0 Å². The van der Waals surface area contributed by atoms with Crippen LogP contribution in [0, 0.1) is 0 Å². The monoisotopic (exact) mass is 242 g/mol. The van der Waals surface area contributed by atoms with Gasteiger partial charge in [0.25, 0.3) is 0 Å². The van der Waals surface area contributed by atoms with Crippen molar-refractivity contribution in [2.45, 2.75) is 38.3 Å². The lowest BCUT2D eigenvalue weighted by molar-refractivity contribution is 0.131. The quantitative estimate of drug-likeness (QED) is 0.898. The molecule has 2 atom stereocenters. The van der Waals surface area contributed by atoms with Crippen LogP contribution in [0.15, 0.2) is 36.7 Å². The van der Waals surface area contributed by atoms with Crippen LogP contribution in [0.25, 0.3) is 0 Å². The molecule has 0 aliphatic heterocycles. The first-order valence-electron chi connectivity index (χ1n) is 6.58. The molecule has 0 bridgehead atoms. The van der Waals surface area contributed by atoms with E-state index in [1.807, 2.05) is 10.8 Å². The maximum atomic E-state index is 10.6. The van der Waals surface area contributed by atoms with Crippen molar-refractivity contribution in [3.05, 3.63) is 53.6 Å². The first-order chi connectivity index (χ1) is 8.81. The summed E-state index contributed by atoms with van der Waals surface area (Å²) in [7, 11) is 0. The van der Waals surface area contributed by atoms with E-state index in [-0.39, 0.29) is 5.92 Å². The maximum absolute atomic E-state index is 10.6. The molecule has 1 heterocycles. The SMILES string of the molecule is CCn1ccnc1C(O)C1CCc2ccccc21. The molecule has 0 saturated carbocycles. The van der Waals surface area contributed by atoms with Gasteiger partial charge in [-0.05, 0) is 30.9 Å². The summed E-state index contributed by atoms with van der Waals surface area (Å²) in [5.41, 5.74) is 2.66. The lowest BCUT2D eigenvalue weighted by atomic mass is 9.95. The highest BCUT2D eigenvalue weighted by molar-refractivity contribution is 5.36. The number of hydrogen-bond donors (Lipinski definition) is 1. The van der Waals surface area contributed by atoms with Crippen LogP contribution in [0.3, 0.4) is 0 Å². The van der Waals surface area contributed by atoms with Crippen molar-refractivity contribution >= 4 is 0 Å². The van der Waals surface area contributed by atoms with E-state index in [0.717, 1.165) is 25.2 Å². The fourth-order valence-electron chi connectivity index (χ4n) is 2.95. The molecular formula is C15H18N2O. The maximum Gasteiger partial charge on any atom is 0.138 e. The molecule has 0 spiro atoms. The first kappa shape index (κ1) is 11.5. The molecule has 1 aromatic carbocycles. The second-order valence-electron chi connectivity index (χ2n) is 4.86. The topological polar surface area (TPSA) is 38.0 Å². The molecule has 0 radical (unpaired) electrons. The molecule has 1 aliphatic carbocycles. The van der Waals surface area contributed by atoms with Gasteiger partial charge >= 0.3 is 0 Å². The van der Waals surface area contributed by atoms with Crippen LogP contribution in [0.5, 0.6) is 0 Å². The molecule has 18 heavy (non-hydrogen) atoms. The lowest BCUT2D eigenvalue weighted by Gasteiger charge is -2.19. The molecule has 0 fully saturated rings. The fraction of sp³-hybridized carbons (Fsp3) is 0.400. The molecule has 0 saturated heterocycles. The van der Waals surface area contributed by atoms with E-state index in [0.29, 0.717) is 0 Å². The molecule has 3 heteroatoms. The summed E-state index contributed by atoms with van der Waals surface area (Å²) in [6, 6.07) is 8.42. The highest BCUT2D eigenvalue weighted by atomic mass is 16.3. The standard InChI is InChI=1S/C15H18N2O/c1-2-17-10-9-16-15(17)14(18)13-8-7-11-5-3-4-6-12(11)13/h3-6,9-10,13-14,18H,2,7-8H2,1H3. The van der Waals surface area contributed by atoms with Gasteiger partial charge in [-0.3, -0.25) is 0 Å². The zero-order valence-electron chi connectivity index (χ0n) is 10.6. The zero-order valence-corrected chi connectivity index (χ0v) is 10.6. The molecule has 2 aromatic rings. The summed E-state index contributed by atoms with van der Waals surface area (Å²) < 4.78 is 2.02. The van der Waals surface area contributed by atoms with Gasteiger partial charge in [-0.25, -0.2) is 4.98 Å². The number of nitrogens with zero attached hydrogens (tertiary/aromatic N) is 2. The summed E-state index contributed by atoms with van der Waals surface area (Å²) in [6.45, 7) is 2.92. The van der Waals surface area contributed by atoms with E-state index in [2.05, 4.69) is 36.2 Å². The number of hydrogen-bond acceptors (Lipinski definition) is 2. The van der Waals surface area contributed by atoms with E-state index < -0.39 is 6.10 Å². The summed E-state index contributed by atoms with van der Waals surface area (Å²) in [5, 5.41) is 10.6. The van der Waals surface area contributed by atoms with Crippen molar-refractivity contribution in [2.75, 3.05) is 0 Å². The Labute approximate surface area is 107 Å². The van der Waals surface area contributed by atoms with Crippen LogP contribution in [-0.2, 0) is 13.0 Å². The van der Waals surface area contributed by atoms with Gasteiger partial charge in [0.2, 0.25) is 0 Å². The molecule has 2 unspecified atom stereocenters. The Hall–Kier alpha value is -1.61. The Morgan fingerprint density at radius 2 is 2.28 bits per heavy atom. The van der Waals surface area contributed by atoms with Crippen molar-refractivity contribution in [1.82, 2.24) is 9.55 Å². The molecule has 1 aliphatic rings. The average molecular weight is 242 g/mol. The summed E-state index contributed by atoms with van der Waals surface area (Å²) in [5.74, 6) is 0.980. The molecule has 0 amide bonds. The molecule has 1 N–H and O–H groups in total. The Balaban J connectivity index is 1.93. The van der Waals surface area contributed by atoms with E-state index in [1.54, 1.807) is 6.20 Å². The van der Waals surface area contributed by atoms with Gasteiger partial charge in [-0.15, -0.1) is 0 Å². The van der Waals surface area contributed by atoms with Gasteiger partial charge in [0.1, 0.15) is 11.9 Å². The molecule has 94 valence electrons. The van der Waals surface area contributed by atoms with Crippen molar-refractivity contribution in [3.8, 4) is 0 Å². The Bertz CT molecular complexity index is 547. The highest BCUT2D eigenvalue weighted by Gasteiger charge is 2.31. The van der Waals surface area contributed by atoms with Gasteiger partial charge in [-0.1, -0.05) is 24.3 Å². The predicted octanol–water partition coefficient (Wildman–Crippen LogP) is 2.67. The van der Waals surface area contributed by atoms with E-state index in [9.17, 15) is 5.11 Å². The minimum absolute atomic E-state index is 0.189. The van der Waals surface area contributed by atoms with Crippen molar-refractivity contribution in [2.24, 2.45) is 0 Å². The second-order valence-corrected chi connectivity index (χ2v) is 4.86. The van der Waals surface area contributed by atoms with Crippen LogP contribution in [0.1, 0.15) is 42.3 Å². The number of rotatable bonds is 3. The highest BCUT2D eigenvalue weighted by Crippen LogP contribution is 2.40. The fourth-order valence-corrected chi connectivity index (χ4v) is 2.95. The van der Waals surface area contributed by atoms with Crippen LogP contribution >= 0.6 is 0 Å². The third-order valence-corrected chi connectivity index (χ3v) is 3.91. The number of fused-ring (bicyclic) bond motifs is 1. The van der Waals surface area contributed by atoms with E-state index in [4.69, 9.17) is 0 Å². The summed E-state index contributed by atoms with van der Waals surface area (Å²) in [4.78, 5) is 4.32. The summed E-state index contributed by atoms with van der Waals surface area (Å²) in [6.07, 6.45) is 5.27. The van der Waals surface area contributed by atoms with Crippen molar-refractivity contribution in [3.63, 3.8) is 0 Å². The minimum Gasteiger partial charge on any atom is -0.385 e. The second kappa shape index (κ2) is 4.58. The third kappa shape index (κ3) is 1.75. The van der Waals surface area contributed by atoms with Crippen LogP contribution in [-0.4, -0.2) is 14.7 Å². The van der Waals surface area contributed by atoms with Gasteiger partial charge in [0, 0.05) is 24.9 Å². The number of aromatic nitrogens is 2. The molecule has 3 rings (SSSR count). The lowest BCUT2D eigenvalue weighted by Crippen LogP contribution is -2.14. The third-order valence-electron chi connectivity index (χ3n) is 3.91. The van der Waals surface area contributed by atoms with E-state index in [1.165, 1.54) is 11.1 Å². The Morgan fingerprint density at radius 3 is 3.11 bits per heavy atom. The number of benzene rings is 1. The molecule has 1 aromatic heterocycles. The predicted molar refractivity (Wildman–Crippen MR) is 70.4 cm³/mol. The normalized spacial score (nSPS) is 19.8. The smallest absolute Gasteiger partial charge is 0.138 e. The van der Waals surface area contributed by atoms with Gasteiger partial charge < -0.3 is 9.67 Å². The Kier molecular flexibility index (Phi) is 2.92. The average Bonchev–Trinajstić information content (AvgIpc) is 3.04. The van der Waals surface area contributed by atoms with E-state index >= 15 is 0 Å². The number of aliphatic hydroxyl groups is 1.